The van der Waals surface area contributed by atoms with Crippen molar-refractivity contribution < 1.29 is 4.74 Å². The number of hydrogen-bond acceptors (Lipinski definition) is 3. The van der Waals surface area contributed by atoms with Crippen LogP contribution in [0, 0.1) is 12.8 Å². The van der Waals surface area contributed by atoms with Crippen molar-refractivity contribution in [1.29, 1.82) is 0 Å². The lowest BCUT2D eigenvalue weighted by atomic mass is 9.83. The van der Waals surface area contributed by atoms with E-state index in [-0.39, 0.29) is 0 Å². The monoisotopic (exact) mass is 361 g/mol. The van der Waals surface area contributed by atoms with Crippen molar-refractivity contribution in [3.05, 3.63) is 59.5 Å². The van der Waals surface area contributed by atoms with Gasteiger partial charge in [0, 0.05) is 18.2 Å². The summed E-state index contributed by atoms with van der Waals surface area (Å²) in [7, 11) is 0. The lowest BCUT2D eigenvalue weighted by Crippen LogP contribution is -2.23. The lowest BCUT2D eigenvalue weighted by molar-refractivity contribution is 0.145. The van der Waals surface area contributed by atoms with Gasteiger partial charge < -0.3 is 4.74 Å². The molecule has 140 valence electrons. The number of pyridine rings is 1. The number of aromatic nitrogens is 3. The number of hydrogen-bond donors (Lipinski definition) is 0. The second kappa shape index (κ2) is 6.99. The number of rotatable bonds is 5. The summed E-state index contributed by atoms with van der Waals surface area (Å²) >= 11 is 0. The highest BCUT2D eigenvalue weighted by atomic mass is 16.5. The molecule has 0 aliphatic heterocycles. The second-order valence-electron chi connectivity index (χ2n) is 8.26. The van der Waals surface area contributed by atoms with Gasteiger partial charge in [-0.15, -0.1) is 10.2 Å². The van der Waals surface area contributed by atoms with Crippen LogP contribution in [-0.4, -0.2) is 20.7 Å². The minimum absolute atomic E-state index is 0.306. The van der Waals surface area contributed by atoms with Crippen LogP contribution >= 0.6 is 0 Å². The Balaban J connectivity index is 1.27. The molecule has 3 aromatic rings. The summed E-state index contributed by atoms with van der Waals surface area (Å²) in [6, 6.07) is 13.0. The molecule has 2 heterocycles. The van der Waals surface area contributed by atoms with Gasteiger partial charge in [0.2, 0.25) is 0 Å². The zero-order valence-electron chi connectivity index (χ0n) is 16.0. The van der Waals surface area contributed by atoms with Crippen LogP contribution in [0.15, 0.2) is 42.6 Å². The second-order valence-corrected chi connectivity index (χ2v) is 8.26. The van der Waals surface area contributed by atoms with E-state index in [1.807, 2.05) is 0 Å². The average Bonchev–Trinajstić information content (AvgIpc) is 3.44. The van der Waals surface area contributed by atoms with Gasteiger partial charge in [0.1, 0.15) is 11.6 Å². The van der Waals surface area contributed by atoms with Crippen molar-refractivity contribution >= 4 is 5.65 Å². The maximum atomic E-state index is 6.40. The first-order valence-corrected chi connectivity index (χ1v) is 10.3. The fourth-order valence-corrected chi connectivity index (χ4v) is 4.38. The van der Waals surface area contributed by atoms with Crippen LogP contribution in [0.2, 0.25) is 0 Å². The van der Waals surface area contributed by atoms with Crippen LogP contribution < -0.4 is 4.74 Å². The molecule has 0 unspecified atom stereocenters. The van der Waals surface area contributed by atoms with Crippen LogP contribution in [0.5, 0.6) is 5.75 Å². The number of ether oxygens (including phenoxy) is 1. The van der Waals surface area contributed by atoms with Crippen LogP contribution in [-0.2, 0) is 6.42 Å². The first-order chi connectivity index (χ1) is 13.3. The summed E-state index contributed by atoms with van der Waals surface area (Å²) < 4.78 is 8.55. The topological polar surface area (TPSA) is 39.4 Å². The molecule has 4 heteroatoms. The molecule has 0 spiro atoms. The van der Waals surface area contributed by atoms with Crippen LogP contribution in [0.1, 0.15) is 61.4 Å². The first-order valence-electron chi connectivity index (χ1n) is 10.3. The van der Waals surface area contributed by atoms with E-state index in [0.717, 1.165) is 48.0 Å². The van der Waals surface area contributed by atoms with Gasteiger partial charge in [-0.05, 0) is 68.9 Å². The molecular weight excluding hydrogens is 334 g/mol. The summed E-state index contributed by atoms with van der Waals surface area (Å²) in [6.07, 6.45) is 10.7. The third-order valence-electron chi connectivity index (χ3n) is 6.25. The highest BCUT2D eigenvalue weighted by Crippen LogP contribution is 2.36. The molecule has 0 saturated heterocycles. The first kappa shape index (κ1) is 16.8. The van der Waals surface area contributed by atoms with E-state index in [9.17, 15) is 0 Å². The highest BCUT2D eigenvalue weighted by Gasteiger charge is 2.26. The van der Waals surface area contributed by atoms with E-state index in [2.05, 4.69) is 64.1 Å². The molecule has 0 atom stereocenters. The summed E-state index contributed by atoms with van der Waals surface area (Å²) in [5.41, 5.74) is 3.53. The van der Waals surface area contributed by atoms with Gasteiger partial charge >= 0.3 is 0 Å². The largest absolute Gasteiger partial charge is 0.490 e. The Morgan fingerprint density at radius 2 is 1.74 bits per heavy atom. The normalized spacial score (nSPS) is 22.9. The van der Waals surface area contributed by atoms with Crippen molar-refractivity contribution in [2.75, 3.05) is 0 Å². The quantitative estimate of drug-likeness (QED) is 0.635. The van der Waals surface area contributed by atoms with Gasteiger partial charge in [-0.3, -0.25) is 4.40 Å². The van der Waals surface area contributed by atoms with Crippen LogP contribution in [0.4, 0.5) is 0 Å². The third kappa shape index (κ3) is 3.45. The van der Waals surface area contributed by atoms with Crippen LogP contribution in [0.3, 0.4) is 0 Å². The van der Waals surface area contributed by atoms with Gasteiger partial charge in [-0.25, -0.2) is 0 Å². The van der Waals surface area contributed by atoms with E-state index in [0.29, 0.717) is 12.0 Å². The molecule has 0 N–H and O–H groups in total. The third-order valence-corrected chi connectivity index (χ3v) is 6.25. The average molecular weight is 361 g/mol. The Kier molecular flexibility index (Phi) is 4.35. The predicted octanol–water partition coefficient (Wildman–Crippen LogP) is 5.10. The van der Waals surface area contributed by atoms with E-state index in [1.54, 1.807) is 0 Å². The predicted molar refractivity (Wildman–Crippen MR) is 106 cm³/mol. The minimum atomic E-state index is 0.306. The Hall–Kier alpha value is -2.36. The summed E-state index contributed by atoms with van der Waals surface area (Å²) in [6.45, 7) is 2.11. The molecule has 2 saturated carbocycles. The SMILES string of the molecule is Cc1c(O[C@H]2CC[C@H](c3ccccc3)CC2)ccn2c(CC3CC3)nnc12. The number of aryl methyl sites for hydroxylation is 1. The molecule has 4 nitrogen and oxygen atoms in total. The van der Waals surface area contributed by atoms with Gasteiger partial charge in [-0.1, -0.05) is 30.3 Å². The standard InChI is InChI=1S/C23H27N3O/c1-16-21(13-14-26-22(15-17-7-8-17)24-25-23(16)26)27-20-11-9-19(10-12-20)18-5-3-2-4-6-18/h2-6,13-14,17,19-20H,7-12,15H2,1H3/t19-,20-. The fourth-order valence-electron chi connectivity index (χ4n) is 4.38. The molecule has 2 aliphatic rings. The Bertz CT molecular complexity index is 921. The molecule has 2 fully saturated rings. The molecule has 2 aliphatic carbocycles. The summed E-state index contributed by atoms with van der Waals surface area (Å²) in [5.74, 6) is 3.55. The van der Waals surface area contributed by atoms with Gasteiger partial charge in [-0.2, -0.15) is 0 Å². The number of fused-ring (bicyclic) bond motifs is 1. The van der Waals surface area contributed by atoms with Gasteiger partial charge in [0.15, 0.2) is 5.65 Å². The molecule has 27 heavy (non-hydrogen) atoms. The molecule has 5 rings (SSSR count). The molecule has 1 aromatic carbocycles. The number of benzene rings is 1. The van der Waals surface area contributed by atoms with E-state index >= 15 is 0 Å². The zero-order valence-corrected chi connectivity index (χ0v) is 16.0. The lowest BCUT2D eigenvalue weighted by Gasteiger charge is -2.29. The maximum absolute atomic E-state index is 6.40. The van der Waals surface area contributed by atoms with Gasteiger partial charge in [0.25, 0.3) is 0 Å². The molecular formula is C23H27N3O. The van der Waals surface area contributed by atoms with Crippen molar-refractivity contribution in [1.82, 2.24) is 14.6 Å². The maximum Gasteiger partial charge on any atom is 0.167 e. The molecule has 2 aromatic heterocycles. The van der Waals surface area contributed by atoms with Crippen molar-refractivity contribution in [3.63, 3.8) is 0 Å². The van der Waals surface area contributed by atoms with Crippen molar-refractivity contribution in [2.45, 2.75) is 63.9 Å². The molecule has 0 radical (unpaired) electrons. The Morgan fingerprint density at radius 3 is 2.48 bits per heavy atom. The Morgan fingerprint density at radius 1 is 0.963 bits per heavy atom. The smallest absolute Gasteiger partial charge is 0.167 e. The zero-order chi connectivity index (χ0) is 18.2. The Labute approximate surface area is 160 Å². The van der Waals surface area contributed by atoms with Crippen LogP contribution in [0.25, 0.3) is 5.65 Å². The van der Waals surface area contributed by atoms with E-state index in [4.69, 9.17) is 4.74 Å². The fraction of sp³-hybridized carbons (Fsp3) is 0.478. The summed E-state index contributed by atoms with van der Waals surface area (Å²) in [5, 5.41) is 8.86. The van der Waals surface area contributed by atoms with Crippen molar-refractivity contribution in [3.8, 4) is 5.75 Å². The van der Waals surface area contributed by atoms with Gasteiger partial charge in [0.05, 0.1) is 6.10 Å². The molecule has 0 bridgehead atoms. The highest BCUT2D eigenvalue weighted by molar-refractivity contribution is 5.54. The van der Waals surface area contributed by atoms with E-state index in [1.165, 1.54) is 31.2 Å². The number of nitrogens with zero attached hydrogens (tertiary/aromatic N) is 3. The van der Waals surface area contributed by atoms with E-state index < -0.39 is 0 Å². The van der Waals surface area contributed by atoms with Crippen molar-refractivity contribution in [2.24, 2.45) is 5.92 Å². The summed E-state index contributed by atoms with van der Waals surface area (Å²) in [4.78, 5) is 0. The molecule has 0 amide bonds. The minimum Gasteiger partial charge on any atom is -0.490 e.